The molecule has 3 nitrogen and oxygen atoms in total. The van der Waals surface area contributed by atoms with Crippen LogP contribution in [0.3, 0.4) is 0 Å². The van der Waals surface area contributed by atoms with Crippen molar-refractivity contribution < 1.29 is 0 Å². The van der Waals surface area contributed by atoms with Gasteiger partial charge in [0.15, 0.2) is 0 Å². The summed E-state index contributed by atoms with van der Waals surface area (Å²) in [6, 6.07) is 8.68. The van der Waals surface area contributed by atoms with Gasteiger partial charge >= 0.3 is 0 Å². The highest BCUT2D eigenvalue weighted by atomic mass is 15.1. The van der Waals surface area contributed by atoms with Gasteiger partial charge < -0.3 is 10.2 Å². The molecule has 0 saturated carbocycles. The predicted molar refractivity (Wildman–Crippen MR) is 84.8 cm³/mol. The van der Waals surface area contributed by atoms with E-state index in [1.807, 2.05) is 6.20 Å². The normalized spacial score (nSPS) is 18.6. The van der Waals surface area contributed by atoms with Gasteiger partial charge in [-0.2, -0.15) is 0 Å². The van der Waals surface area contributed by atoms with Crippen molar-refractivity contribution in [3.63, 3.8) is 0 Å². The SMILES string of the molecule is C=C1CNC=C1c1ccc(N2CCB(C#N)CC2)cc1. The molecule has 100 valence electrons. The number of benzene rings is 1. The molecule has 2 aliphatic rings. The summed E-state index contributed by atoms with van der Waals surface area (Å²) in [5, 5.41) is 12.1. The number of nitrogens with one attached hydrogen (secondary N) is 1. The van der Waals surface area contributed by atoms with E-state index in [1.165, 1.54) is 16.8 Å². The summed E-state index contributed by atoms with van der Waals surface area (Å²) in [6.07, 6.45) is 3.99. The van der Waals surface area contributed by atoms with Crippen molar-refractivity contribution >= 4 is 18.0 Å². The molecule has 4 heteroatoms. The van der Waals surface area contributed by atoms with Crippen LogP contribution in [0, 0.1) is 11.2 Å². The number of nitrogens with zero attached hydrogens (tertiary/aromatic N) is 2. The lowest BCUT2D eigenvalue weighted by molar-refractivity contribution is 0.822. The Morgan fingerprint density at radius 3 is 2.45 bits per heavy atom. The van der Waals surface area contributed by atoms with Gasteiger partial charge in [-0.15, -0.1) is 0 Å². The molecule has 0 aromatic heterocycles. The van der Waals surface area contributed by atoms with E-state index < -0.39 is 0 Å². The monoisotopic (exact) mass is 263 g/mol. The zero-order valence-electron chi connectivity index (χ0n) is 11.6. The highest BCUT2D eigenvalue weighted by Gasteiger charge is 2.22. The van der Waals surface area contributed by atoms with Gasteiger partial charge in [-0.25, -0.2) is 5.26 Å². The van der Waals surface area contributed by atoms with E-state index in [-0.39, 0.29) is 6.71 Å². The molecule has 0 amide bonds. The van der Waals surface area contributed by atoms with Crippen LogP contribution in [-0.4, -0.2) is 26.3 Å². The van der Waals surface area contributed by atoms with Crippen LogP contribution >= 0.6 is 0 Å². The van der Waals surface area contributed by atoms with Crippen LogP contribution in [0.1, 0.15) is 5.56 Å². The van der Waals surface area contributed by atoms with Gasteiger partial charge in [0.1, 0.15) is 0 Å². The molecule has 0 radical (unpaired) electrons. The third-order valence-corrected chi connectivity index (χ3v) is 4.16. The van der Waals surface area contributed by atoms with Gasteiger partial charge in [-0.3, -0.25) is 0 Å². The Labute approximate surface area is 120 Å². The standard InChI is InChI=1S/C16H18BN3/c1-13-10-19-11-16(13)14-2-4-15(5-3-14)20-8-6-17(12-18)7-9-20/h2-5,11,19H,1,6-10H2. The molecule has 1 N–H and O–H groups in total. The van der Waals surface area contributed by atoms with Crippen molar-refractivity contribution in [3.8, 4) is 5.97 Å². The molecule has 1 fully saturated rings. The second-order valence-corrected chi connectivity index (χ2v) is 5.48. The van der Waals surface area contributed by atoms with Crippen LogP contribution in [0.5, 0.6) is 0 Å². The average Bonchev–Trinajstić information content (AvgIpc) is 2.94. The number of anilines is 1. The summed E-state index contributed by atoms with van der Waals surface area (Å²) < 4.78 is 0. The summed E-state index contributed by atoms with van der Waals surface area (Å²) in [5.41, 5.74) is 4.82. The van der Waals surface area contributed by atoms with Crippen molar-refractivity contribution in [2.45, 2.75) is 12.6 Å². The van der Waals surface area contributed by atoms with E-state index in [0.29, 0.717) is 0 Å². The second kappa shape index (κ2) is 5.46. The van der Waals surface area contributed by atoms with Crippen LogP contribution in [0.4, 0.5) is 5.69 Å². The van der Waals surface area contributed by atoms with Crippen LogP contribution in [0.2, 0.25) is 12.6 Å². The molecule has 20 heavy (non-hydrogen) atoms. The lowest BCUT2D eigenvalue weighted by Gasteiger charge is -2.30. The Bertz CT molecular complexity index is 575. The van der Waals surface area contributed by atoms with E-state index in [1.54, 1.807) is 0 Å². The third-order valence-electron chi connectivity index (χ3n) is 4.16. The van der Waals surface area contributed by atoms with Crippen LogP contribution in [-0.2, 0) is 0 Å². The van der Waals surface area contributed by atoms with Crippen molar-refractivity contribution in [2.75, 3.05) is 24.5 Å². The Hall–Kier alpha value is -2.15. The molecule has 2 aliphatic heterocycles. The first-order chi connectivity index (χ1) is 9.78. The van der Waals surface area contributed by atoms with Crippen molar-refractivity contribution in [3.05, 3.63) is 48.2 Å². The molecule has 0 atom stereocenters. The molecule has 2 heterocycles. The second-order valence-electron chi connectivity index (χ2n) is 5.48. The van der Waals surface area contributed by atoms with E-state index in [2.05, 4.69) is 47.0 Å². The Kier molecular flexibility index (Phi) is 3.51. The predicted octanol–water partition coefficient (Wildman–Crippen LogP) is 2.56. The van der Waals surface area contributed by atoms with E-state index >= 15 is 0 Å². The number of hydrogen-bond acceptors (Lipinski definition) is 3. The maximum Gasteiger partial charge on any atom is 0.271 e. The van der Waals surface area contributed by atoms with E-state index in [9.17, 15) is 0 Å². The minimum Gasteiger partial charge on any atom is -0.386 e. The quantitative estimate of drug-likeness (QED) is 0.833. The van der Waals surface area contributed by atoms with Gasteiger partial charge in [0.2, 0.25) is 0 Å². The van der Waals surface area contributed by atoms with Crippen molar-refractivity contribution in [1.82, 2.24) is 5.32 Å². The van der Waals surface area contributed by atoms with Crippen LogP contribution < -0.4 is 10.2 Å². The lowest BCUT2D eigenvalue weighted by Crippen LogP contribution is -2.36. The van der Waals surface area contributed by atoms with Crippen LogP contribution in [0.25, 0.3) is 5.57 Å². The highest BCUT2D eigenvalue weighted by Crippen LogP contribution is 2.27. The number of hydrogen-bond donors (Lipinski definition) is 1. The Morgan fingerprint density at radius 2 is 1.90 bits per heavy atom. The molecule has 0 unspecified atom stereocenters. The summed E-state index contributed by atoms with van der Waals surface area (Å²) >= 11 is 0. The summed E-state index contributed by atoms with van der Waals surface area (Å²) in [4.78, 5) is 2.37. The zero-order chi connectivity index (χ0) is 13.9. The van der Waals surface area contributed by atoms with Crippen molar-refractivity contribution in [2.24, 2.45) is 0 Å². The fourth-order valence-corrected chi connectivity index (χ4v) is 2.88. The molecule has 1 aromatic carbocycles. The highest BCUT2D eigenvalue weighted by molar-refractivity contribution is 6.67. The molecular formula is C16H18BN3. The van der Waals surface area contributed by atoms with Gasteiger partial charge in [-0.05, 0) is 35.9 Å². The van der Waals surface area contributed by atoms with Gasteiger partial charge in [-0.1, -0.05) is 18.7 Å². The fourth-order valence-electron chi connectivity index (χ4n) is 2.88. The Balaban J connectivity index is 1.71. The van der Waals surface area contributed by atoms with E-state index in [0.717, 1.165) is 37.8 Å². The molecule has 0 aliphatic carbocycles. The maximum atomic E-state index is 8.94. The summed E-state index contributed by atoms with van der Waals surface area (Å²) in [7, 11) is 0. The molecule has 0 bridgehead atoms. The largest absolute Gasteiger partial charge is 0.386 e. The molecular weight excluding hydrogens is 245 g/mol. The lowest BCUT2D eigenvalue weighted by atomic mass is 9.45. The smallest absolute Gasteiger partial charge is 0.271 e. The van der Waals surface area contributed by atoms with Crippen molar-refractivity contribution in [1.29, 1.82) is 5.26 Å². The minimum absolute atomic E-state index is 0.239. The fraction of sp³-hybridized carbons (Fsp3) is 0.312. The van der Waals surface area contributed by atoms with Gasteiger partial charge in [0.25, 0.3) is 6.71 Å². The molecule has 0 spiro atoms. The minimum atomic E-state index is 0.239. The van der Waals surface area contributed by atoms with E-state index in [4.69, 9.17) is 5.26 Å². The summed E-state index contributed by atoms with van der Waals surface area (Å²) in [5.74, 6) is 2.38. The summed E-state index contributed by atoms with van der Waals surface area (Å²) in [6.45, 7) is 7.12. The third kappa shape index (κ3) is 2.44. The molecule has 3 rings (SSSR count). The zero-order valence-corrected chi connectivity index (χ0v) is 11.6. The number of nitriles is 1. The first-order valence-corrected chi connectivity index (χ1v) is 7.14. The number of rotatable bonds is 2. The first-order valence-electron chi connectivity index (χ1n) is 7.14. The topological polar surface area (TPSA) is 39.1 Å². The Morgan fingerprint density at radius 1 is 1.20 bits per heavy atom. The molecule has 1 saturated heterocycles. The van der Waals surface area contributed by atoms with Gasteiger partial charge in [0, 0.05) is 43.1 Å². The molecule has 1 aromatic rings. The van der Waals surface area contributed by atoms with Gasteiger partial charge in [0.05, 0.1) is 0 Å². The average molecular weight is 263 g/mol. The maximum absolute atomic E-state index is 8.94. The first kappa shape index (κ1) is 12.9. The van der Waals surface area contributed by atoms with Crippen LogP contribution in [0.15, 0.2) is 42.6 Å².